The Morgan fingerprint density at radius 2 is 2.07 bits per heavy atom. The monoisotopic (exact) mass is 406 g/mol. The molecule has 2 aromatic rings. The van der Waals surface area contributed by atoms with Crippen molar-refractivity contribution in [3.8, 4) is 5.75 Å². The standard InChI is InChI=1S/C19H23N2O6P/c1-11-8-14-9-24-28(27-18(14)13(3)12(11)2)25-10-15-4-5-17(26-15)21-7-6-16(22)20-19(21)23/h6-8,15,17H,4-5,9-10H2,1-3H3,(H,20,22,23). The van der Waals surface area contributed by atoms with Gasteiger partial charge in [-0.3, -0.25) is 23.4 Å². The maximum atomic E-state index is 11.9. The van der Waals surface area contributed by atoms with Crippen molar-refractivity contribution in [2.24, 2.45) is 0 Å². The van der Waals surface area contributed by atoms with E-state index in [1.165, 1.54) is 28.0 Å². The predicted molar refractivity (Wildman–Crippen MR) is 103 cm³/mol. The normalized spacial score (nSPS) is 24.0. The van der Waals surface area contributed by atoms with Crippen molar-refractivity contribution in [1.29, 1.82) is 0 Å². The minimum Gasteiger partial charge on any atom is -0.426 e. The minimum atomic E-state index is -1.49. The lowest BCUT2D eigenvalue weighted by molar-refractivity contribution is -0.0229. The topological polar surface area (TPSA) is 91.8 Å². The van der Waals surface area contributed by atoms with Gasteiger partial charge >= 0.3 is 14.3 Å². The Labute approximate surface area is 163 Å². The van der Waals surface area contributed by atoms with E-state index in [0.717, 1.165) is 23.3 Å². The summed E-state index contributed by atoms with van der Waals surface area (Å²) < 4.78 is 24.8. The highest BCUT2D eigenvalue weighted by molar-refractivity contribution is 7.42. The van der Waals surface area contributed by atoms with Gasteiger partial charge < -0.3 is 9.26 Å². The quantitative estimate of drug-likeness (QED) is 0.785. The lowest BCUT2D eigenvalue weighted by Gasteiger charge is -2.27. The number of benzene rings is 1. The van der Waals surface area contributed by atoms with Crippen LogP contribution in [0, 0.1) is 20.8 Å². The molecule has 3 atom stereocenters. The maximum absolute atomic E-state index is 11.9. The van der Waals surface area contributed by atoms with Gasteiger partial charge in [-0.15, -0.1) is 0 Å². The average Bonchev–Trinajstić information content (AvgIpc) is 3.13. The zero-order valence-electron chi connectivity index (χ0n) is 16.1. The van der Waals surface area contributed by atoms with E-state index in [-0.39, 0.29) is 6.10 Å². The number of aromatic amines is 1. The molecule has 0 saturated carbocycles. The van der Waals surface area contributed by atoms with Gasteiger partial charge in [0.05, 0.1) is 19.3 Å². The molecule has 1 saturated heterocycles. The van der Waals surface area contributed by atoms with Gasteiger partial charge in [0.1, 0.15) is 12.0 Å². The first-order valence-corrected chi connectivity index (χ1v) is 10.3. The van der Waals surface area contributed by atoms with Crippen LogP contribution in [0.1, 0.15) is 41.3 Å². The molecule has 0 radical (unpaired) electrons. The van der Waals surface area contributed by atoms with Gasteiger partial charge in [-0.25, -0.2) is 4.79 Å². The molecule has 150 valence electrons. The Morgan fingerprint density at radius 1 is 1.25 bits per heavy atom. The molecule has 2 aliphatic rings. The van der Waals surface area contributed by atoms with E-state index in [1.54, 1.807) is 0 Å². The molecule has 0 amide bonds. The Morgan fingerprint density at radius 3 is 2.86 bits per heavy atom. The number of aryl methyl sites for hydroxylation is 1. The van der Waals surface area contributed by atoms with Crippen molar-refractivity contribution in [3.05, 3.63) is 61.4 Å². The van der Waals surface area contributed by atoms with E-state index in [1.807, 2.05) is 6.92 Å². The molecule has 3 heterocycles. The van der Waals surface area contributed by atoms with Crippen LogP contribution in [0.15, 0.2) is 27.9 Å². The van der Waals surface area contributed by atoms with Gasteiger partial charge in [0, 0.05) is 17.8 Å². The molecule has 1 aromatic carbocycles. The molecule has 2 aliphatic heterocycles. The first-order valence-electron chi connectivity index (χ1n) is 9.23. The summed E-state index contributed by atoms with van der Waals surface area (Å²) in [5, 5.41) is 0. The van der Waals surface area contributed by atoms with Crippen LogP contribution in [0.25, 0.3) is 0 Å². The van der Waals surface area contributed by atoms with Crippen molar-refractivity contribution in [2.75, 3.05) is 6.61 Å². The molecule has 28 heavy (non-hydrogen) atoms. The Balaban J connectivity index is 1.35. The smallest absolute Gasteiger partial charge is 0.397 e. The summed E-state index contributed by atoms with van der Waals surface area (Å²) >= 11 is 0. The number of hydrogen-bond donors (Lipinski definition) is 1. The molecule has 1 N–H and O–H groups in total. The van der Waals surface area contributed by atoms with Gasteiger partial charge in [-0.05, 0) is 56.4 Å². The van der Waals surface area contributed by atoms with E-state index in [9.17, 15) is 9.59 Å². The van der Waals surface area contributed by atoms with Crippen LogP contribution in [-0.4, -0.2) is 22.3 Å². The molecule has 1 fully saturated rings. The van der Waals surface area contributed by atoms with Crippen molar-refractivity contribution < 1.29 is 18.3 Å². The zero-order valence-corrected chi connectivity index (χ0v) is 17.0. The molecule has 4 rings (SSSR count). The van der Waals surface area contributed by atoms with E-state index in [2.05, 4.69) is 24.9 Å². The molecular formula is C19H23N2O6P. The minimum absolute atomic E-state index is 0.166. The van der Waals surface area contributed by atoms with Crippen LogP contribution < -0.4 is 15.8 Å². The molecule has 1 aromatic heterocycles. The number of hydrogen-bond acceptors (Lipinski definition) is 6. The lowest BCUT2D eigenvalue weighted by Crippen LogP contribution is -2.31. The van der Waals surface area contributed by atoms with Crippen LogP contribution in [0.5, 0.6) is 5.75 Å². The highest BCUT2D eigenvalue weighted by atomic mass is 31.2. The number of nitrogens with one attached hydrogen (secondary N) is 1. The van der Waals surface area contributed by atoms with Crippen molar-refractivity contribution in [3.63, 3.8) is 0 Å². The Hall–Kier alpha value is -1.99. The number of aromatic nitrogens is 2. The van der Waals surface area contributed by atoms with Crippen LogP contribution in [0.2, 0.25) is 0 Å². The first-order chi connectivity index (χ1) is 13.4. The third-order valence-corrected chi connectivity index (χ3v) is 6.31. The van der Waals surface area contributed by atoms with E-state index < -0.39 is 26.1 Å². The fourth-order valence-electron chi connectivity index (χ4n) is 3.48. The summed E-state index contributed by atoms with van der Waals surface area (Å²) in [6, 6.07) is 3.40. The molecule has 0 aliphatic carbocycles. The lowest BCUT2D eigenvalue weighted by atomic mass is 9.99. The second kappa shape index (κ2) is 7.79. The summed E-state index contributed by atoms with van der Waals surface area (Å²) in [5.41, 5.74) is 3.69. The zero-order chi connectivity index (χ0) is 19.8. The molecule has 0 spiro atoms. The Kier molecular flexibility index (Phi) is 5.38. The molecule has 3 unspecified atom stereocenters. The van der Waals surface area contributed by atoms with Gasteiger partial charge in [0.25, 0.3) is 5.56 Å². The van der Waals surface area contributed by atoms with E-state index >= 15 is 0 Å². The number of fused-ring (bicyclic) bond motifs is 1. The SMILES string of the molecule is Cc1cc2c(c(C)c1C)OP(OCC1CCC(n3ccc(=O)[nH]c3=O)O1)OC2. The van der Waals surface area contributed by atoms with Crippen LogP contribution in [-0.2, 0) is 20.4 Å². The largest absolute Gasteiger partial charge is 0.426 e. The second-order valence-electron chi connectivity index (χ2n) is 7.12. The molecule has 9 heteroatoms. The fraction of sp³-hybridized carbons (Fsp3) is 0.474. The van der Waals surface area contributed by atoms with E-state index in [0.29, 0.717) is 19.6 Å². The summed E-state index contributed by atoms with van der Waals surface area (Å²) in [6.07, 6.45) is 2.29. The summed E-state index contributed by atoms with van der Waals surface area (Å²) in [5.74, 6) is 0.852. The molecule has 0 bridgehead atoms. The number of ether oxygens (including phenoxy) is 1. The highest BCUT2D eigenvalue weighted by Crippen LogP contribution is 2.49. The molecular weight excluding hydrogens is 383 g/mol. The van der Waals surface area contributed by atoms with Gasteiger partial charge in [0.2, 0.25) is 0 Å². The number of nitrogens with zero attached hydrogens (tertiary/aromatic N) is 1. The first kappa shape index (κ1) is 19.3. The predicted octanol–water partition coefficient (Wildman–Crippen LogP) is 2.99. The maximum Gasteiger partial charge on any atom is 0.397 e. The van der Waals surface area contributed by atoms with Crippen molar-refractivity contribution in [1.82, 2.24) is 9.55 Å². The Bertz CT molecular complexity index is 1000. The van der Waals surface area contributed by atoms with E-state index in [4.69, 9.17) is 18.3 Å². The highest BCUT2D eigenvalue weighted by Gasteiger charge is 2.31. The molecule has 8 nitrogen and oxygen atoms in total. The second-order valence-corrected chi connectivity index (χ2v) is 8.27. The summed E-state index contributed by atoms with van der Waals surface area (Å²) in [6.45, 7) is 6.99. The van der Waals surface area contributed by atoms with Gasteiger partial charge in [-0.1, -0.05) is 0 Å². The number of rotatable bonds is 4. The fourth-order valence-corrected chi connectivity index (χ4v) is 4.59. The third kappa shape index (κ3) is 3.78. The third-order valence-electron chi connectivity index (χ3n) is 5.28. The van der Waals surface area contributed by atoms with Crippen LogP contribution in [0.4, 0.5) is 0 Å². The van der Waals surface area contributed by atoms with Crippen molar-refractivity contribution >= 4 is 8.60 Å². The van der Waals surface area contributed by atoms with Crippen LogP contribution in [0.3, 0.4) is 0 Å². The van der Waals surface area contributed by atoms with Gasteiger partial charge in [-0.2, -0.15) is 0 Å². The number of H-pyrrole nitrogens is 1. The van der Waals surface area contributed by atoms with Gasteiger partial charge in [0.15, 0.2) is 0 Å². The van der Waals surface area contributed by atoms with Crippen molar-refractivity contribution in [2.45, 2.75) is 52.6 Å². The average molecular weight is 406 g/mol. The van der Waals surface area contributed by atoms with Crippen LogP contribution >= 0.6 is 8.60 Å². The summed E-state index contributed by atoms with van der Waals surface area (Å²) in [7, 11) is -1.49. The summed E-state index contributed by atoms with van der Waals surface area (Å²) in [4.78, 5) is 25.3.